The molecule has 2 N–H and O–H groups in total. The van der Waals surface area contributed by atoms with Gasteiger partial charge in [-0.05, 0) is 18.6 Å². The zero-order valence-corrected chi connectivity index (χ0v) is 11.8. The van der Waals surface area contributed by atoms with E-state index >= 15 is 0 Å². The van der Waals surface area contributed by atoms with Crippen LogP contribution in [0, 0.1) is 0 Å². The lowest BCUT2D eigenvalue weighted by Gasteiger charge is -2.33. The number of aromatic hydroxyl groups is 1. The lowest BCUT2D eigenvalue weighted by molar-refractivity contribution is -0.138. The molecule has 1 aromatic carbocycles. The first-order valence-electron chi connectivity index (χ1n) is 6.50. The molecule has 0 bridgehead atoms. The molecule has 0 radical (unpaired) electrons. The number of carbonyl (C=O) groups excluding carboxylic acids is 3. The Hall–Kier alpha value is -2.57. The van der Waals surface area contributed by atoms with Crippen molar-refractivity contribution in [3.63, 3.8) is 0 Å². The van der Waals surface area contributed by atoms with E-state index in [4.69, 9.17) is 4.74 Å². The average Bonchev–Trinajstić information content (AvgIpc) is 2.46. The fourth-order valence-corrected chi connectivity index (χ4v) is 2.30. The standard InChI is InChI=1S/C14H16N2O5/c1-3-9-13(19)15-11(17)7-16(9)14(20)8-5-4-6-10(21-2)12(8)18/h4-6,9,18H,3,7H2,1-2H3,(H,15,17,19). The molecule has 7 nitrogen and oxygen atoms in total. The number of methoxy groups -OCH3 is 1. The van der Waals surface area contributed by atoms with Gasteiger partial charge in [-0.15, -0.1) is 0 Å². The zero-order valence-electron chi connectivity index (χ0n) is 11.8. The number of phenolic OH excluding ortho intramolecular Hbond substituents is 1. The molecule has 21 heavy (non-hydrogen) atoms. The third-order valence-corrected chi connectivity index (χ3v) is 3.35. The predicted octanol–water partition coefficient (Wildman–Crippen LogP) is 0.278. The third kappa shape index (κ3) is 2.67. The topological polar surface area (TPSA) is 95.9 Å². The number of phenols is 1. The maximum Gasteiger partial charge on any atom is 0.258 e. The number of hydrogen-bond acceptors (Lipinski definition) is 5. The Morgan fingerprint density at radius 1 is 1.48 bits per heavy atom. The van der Waals surface area contributed by atoms with Gasteiger partial charge in [0.05, 0.1) is 12.7 Å². The number of nitrogens with zero attached hydrogens (tertiary/aromatic N) is 1. The maximum absolute atomic E-state index is 12.5. The molecule has 1 aliphatic rings. The number of carbonyl (C=O) groups is 3. The van der Waals surface area contributed by atoms with Crippen molar-refractivity contribution < 1.29 is 24.2 Å². The van der Waals surface area contributed by atoms with E-state index in [9.17, 15) is 19.5 Å². The number of hydrogen-bond donors (Lipinski definition) is 2. The van der Waals surface area contributed by atoms with Crippen LogP contribution in [0.15, 0.2) is 18.2 Å². The Labute approximate surface area is 121 Å². The molecule has 1 aromatic rings. The summed E-state index contributed by atoms with van der Waals surface area (Å²) in [4.78, 5) is 36.9. The van der Waals surface area contributed by atoms with E-state index in [1.54, 1.807) is 13.0 Å². The van der Waals surface area contributed by atoms with Crippen molar-refractivity contribution in [3.8, 4) is 11.5 Å². The van der Waals surface area contributed by atoms with Gasteiger partial charge in [0.15, 0.2) is 11.5 Å². The van der Waals surface area contributed by atoms with Crippen molar-refractivity contribution in [2.75, 3.05) is 13.7 Å². The van der Waals surface area contributed by atoms with Gasteiger partial charge in [0.2, 0.25) is 11.8 Å². The molecule has 0 aromatic heterocycles. The Bertz CT molecular complexity index is 599. The fourth-order valence-electron chi connectivity index (χ4n) is 2.30. The number of para-hydroxylation sites is 1. The van der Waals surface area contributed by atoms with Crippen LogP contribution in [0.1, 0.15) is 23.7 Å². The van der Waals surface area contributed by atoms with Gasteiger partial charge >= 0.3 is 0 Å². The maximum atomic E-state index is 12.5. The van der Waals surface area contributed by atoms with Crippen molar-refractivity contribution >= 4 is 17.7 Å². The molecule has 7 heteroatoms. The Morgan fingerprint density at radius 2 is 2.19 bits per heavy atom. The highest BCUT2D eigenvalue weighted by molar-refractivity contribution is 6.08. The van der Waals surface area contributed by atoms with Gasteiger partial charge in [-0.1, -0.05) is 13.0 Å². The van der Waals surface area contributed by atoms with Crippen LogP contribution in [0.2, 0.25) is 0 Å². The second-order valence-corrected chi connectivity index (χ2v) is 4.63. The molecule has 1 saturated heterocycles. The first-order valence-corrected chi connectivity index (χ1v) is 6.50. The van der Waals surface area contributed by atoms with Gasteiger partial charge in [-0.3, -0.25) is 19.7 Å². The molecular formula is C14H16N2O5. The normalized spacial score (nSPS) is 18.4. The molecule has 3 amide bonds. The van der Waals surface area contributed by atoms with E-state index in [1.807, 2.05) is 0 Å². The van der Waals surface area contributed by atoms with Gasteiger partial charge in [0.25, 0.3) is 5.91 Å². The van der Waals surface area contributed by atoms with Crippen LogP contribution >= 0.6 is 0 Å². The number of rotatable bonds is 3. The summed E-state index contributed by atoms with van der Waals surface area (Å²) >= 11 is 0. The molecule has 0 aliphatic carbocycles. The van der Waals surface area contributed by atoms with Gasteiger partial charge in [-0.25, -0.2) is 0 Å². The molecule has 1 heterocycles. The van der Waals surface area contributed by atoms with Crippen LogP contribution < -0.4 is 10.1 Å². The third-order valence-electron chi connectivity index (χ3n) is 3.35. The number of piperazine rings is 1. The Kier molecular flexibility index (Phi) is 4.11. The van der Waals surface area contributed by atoms with Crippen LogP contribution in [0.3, 0.4) is 0 Å². The molecule has 112 valence electrons. The molecular weight excluding hydrogens is 276 g/mol. The van der Waals surface area contributed by atoms with Crippen molar-refractivity contribution in [1.29, 1.82) is 0 Å². The van der Waals surface area contributed by atoms with E-state index in [0.29, 0.717) is 6.42 Å². The summed E-state index contributed by atoms with van der Waals surface area (Å²) in [6.45, 7) is 1.52. The van der Waals surface area contributed by atoms with Gasteiger partial charge in [0.1, 0.15) is 12.6 Å². The number of ether oxygens (including phenoxy) is 1. The van der Waals surface area contributed by atoms with Crippen LogP contribution in [0.5, 0.6) is 11.5 Å². The average molecular weight is 292 g/mol. The number of imide groups is 1. The van der Waals surface area contributed by atoms with Crippen molar-refractivity contribution in [1.82, 2.24) is 10.2 Å². The van der Waals surface area contributed by atoms with E-state index in [-0.39, 0.29) is 23.6 Å². The van der Waals surface area contributed by atoms with Crippen molar-refractivity contribution in [2.45, 2.75) is 19.4 Å². The molecule has 0 spiro atoms. The molecule has 1 unspecified atom stereocenters. The molecule has 2 rings (SSSR count). The van der Waals surface area contributed by atoms with Gasteiger partial charge in [0, 0.05) is 0 Å². The first kappa shape index (κ1) is 14.8. The van der Waals surface area contributed by atoms with Crippen molar-refractivity contribution in [2.24, 2.45) is 0 Å². The highest BCUT2D eigenvalue weighted by Gasteiger charge is 2.36. The number of nitrogens with one attached hydrogen (secondary N) is 1. The largest absolute Gasteiger partial charge is 0.504 e. The minimum Gasteiger partial charge on any atom is -0.504 e. The number of amides is 3. The minimum atomic E-state index is -0.735. The molecule has 0 saturated carbocycles. The van der Waals surface area contributed by atoms with E-state index in [1.165, 1.54) is 19.2 Å². The summed E-state index contributed by atoms with van der Waals surface area (Å²) in [7, 11) is 1.37. The van der Waals surface area contributed by atoms with E-state index in [2.05, 4.69) is 5.32 Å². The smallest absolute Gasteiger partial charge is 0.258 e. The summed E-state index contributed by atoms with van der Waals surface area (Å²) in [6.07, 6.45) is 0.371. The monoisotopic (exact) mass is 292 g/mol. The first-order chi connectivity index (χ1) is 9.99. The van der Waals surface area contributed by atoms with Crippen LogP contribution in [0.4, 0.5) is 0 Å². The van der Waals surface area contributed by atoms with E-state index < -0.39 is 23.8 Å². The quantitative estimate of drug-likeness (QED) is 0.780. The predicted molar refractivity (Wildman–Crippen MR) is 72.9 cm³/mol. The van der Waals surface area contributed by atoms with Gasteiger partial charge in [-0.2, -0.15) is 0 Å². The molecule has 1 fully saturated rings. The minimum absolute atomic E-state index is 0.00435. The summed E-state index contributed by atoms with van der Waals surface area (Å²) in [5, 5.41) is 12.2. The van der Waals surface area contributed by atoms with Crippen LogP contribution in [0.25, 0.3) is 0 Å². The molecule has 1 aliphatic heterocycles. The van der Waals surface area contributed by atoms with Crippen molar-refractivity contribution in [3.05, 3.63) is 23.8 Å². The lowest BCUT2D eigenvalue weighted by Crippen LogP contribution is -2.59. The summed E-state index contributed by atoms with van der Waals surface area (Å²) in [5.74, 6) is -1.79. The van der Waals surface area contributed by atoms with E-state index in [0.717, 1.165) is 4.90 Å². The lowest BCUT2D eigenvalue weighted by atomic mass is 10.1. The second kappa shape index (κ2) is 5.82. The number of benzene rings is 1. The zero-order chi connectivity index (χ0) is 15.6. The van der Waals surface area contributed by atoms with Gasteiger partial charge < -0.3 is 14.7 Å². The fraction of sp³-hybridized carbons (Fsp3) is 0.357. The Balaban J connectivity index is 2.38. The van der Waals surface area contributed by atoms with Crippen LogP contribution in [-0.2, 0) is 9.59 Å². The highest BCUT2D eigenvalue weighted by atomic mass is 16.5. The summed E-state index contributed by atoms with van der Waals surface area (Å²) < 4.78 is 4.95. The summed E-state index contributed by atoms with van der Waals surface area (Å²) in [6, 6.07) is 3.75. The Morgan fingerprint density at radius 3 is 2.81 bits per heavy atom. The summed E-state index contributed by atoms with van der Waals surface area (Å²) in [5.41, 5.74) is -0.00435. The molecule has 1 atom stereocenters. The highest BCUT2D eigenvalue weighted by Crippen LogP contribution is 2.31. The second-order valence-electron chi connectivity index (χ2n) is 4.63. The van der Waals surface area contributed by atoms with Crippen LogP contribution in [-0.4, -0.2) is 47.4 Å². The SMILES string of the molecule is CCC1C(=O)NC(=O)CN1C(=O)c1cccc(OC)c1O.